The summed E-state index contributed by atoms with van der Waals surface area (Å²) in [6, 6.07) is 4.36. The van der Waals surface area contributed by atoms with Gasteiger partial charge in [-0.25, -0.2) is 4.39 Å². The van der Waals surface area contributed by atoms with E-state index in [0.717, 1.165) is 0 Å². The summed E-state index contributed by atoms with van der Waals surface area (Å²) in [7, 11) is 1.64. The molecule has 1 amide bonds. The Bertz CT molecular complexity index is 436. The Kier molecular flexibility index (Phi) is 3.78. The number of amides is 1. The molecular weight excluding hydrogens is 229 g/mol. The summed E-state index contributed by atoms with van der Waals surface area (Å²) in [6.45, 7) is 0.0197. The van der Waals surface area contributed by atoms with Crippen molar-refractivity contribution in [2.75, 3.05) is 18.5 Å². The van der Waals surface area contributed by atoms with Crippen LogP contribution in [0.3, 0.4) is 0 Å². The van der Waals surface area contributed by atoms with Crippen LogP contribution in [-0.2, 0) is 4.79 Å². The first-order valence-corrected chi connectivity index (χ1v) is 4.91. The van der Waals surface area contributed by atoms with E-state index in [9.17, 15) is 9.18 Å². The predicted octanol–water partition coefficient (Wildman–Crippen LogP) is 0.381. The molecule has 0 radical (unpaired) electrons. The molecule has 16 heavy (non-hydrogen) atoms. The van der Waals surface area contributed by atoms with Gasteiger partial charge in [-0.2, -0.15) is 0 Å². The molecule has 0 atom stereocenters. The summed E-state index contributed by atoms with van der Waals surface area (Å²) in [5.41, 5.74) is 11.1. The molecule has 1 rings (SSSR count). The molecule has 4 N–H and O–H groups in total. The summed E-state index contributed by atoms with van der Waals surface area (Å²) in [4.78, 5) is 12.2. The third-order valence-electron chi connectivity index (χ3n) is 2.05. The predicted molar refractivity (Wildman–Crippen MR) is 64.8 cm³/mol. The van der Waals surface area contributed by atoms with Gasteiger partial charge in [0, 0.05) is 18.3 Å². The second-order valence-electron chi connectivity index (χ2n) is 3.35. The van der Waals surface area contributed by atoms with Crippen molar-refractivity contribution in [3.63, 3.8) is 0 Å². The van der Waals surface area contributed by atoms with Crippen molar-refractivity contribution in [2.45, 2.75) is 0 Å². The van der Waals surface area contributed by atoms with E-state index in [4.69, 9.17) is 11.5 Å². The first-order chi connectivity index (χ1) is 7.41. The number of nitrogens with two attached hydrogens (primary N) is 2. The quantitative estimate of drug-likeness (QED) is 0.748. The summed E-state index contributed by atoms with van der Waals surface area (Å²) >= 11 is 4.68. The number of rotatable bonds is 4. The molecule has 0 aliphatic heterocycles. The highest BCUT2D eigenvalue weighted by Crippen LogP contribution is 2.17. The zero-order chi connectivity index (χ0) is 12.3. The van der Waals surface area contributed by atoms with Gasteiger partial charge in [0.05, 0.1) is 6.54 Å². The third-order valence-corrected chi connectivity index (χ3v) is 2.27. The maximum atomic E-state index is 13.5. The highest BCUT2D eigenvalue weighted by Gasteiger charge is 2.09. The standard InChI is InChI=1S/C10H12FN3OS/c1-14(5-9(12)15)6-2-3-7(10(13)16)8(11)4-6/h2-4H,5H2,1H3,(H2,12,15)(H2,13,16). The van der Waals surface area contributed by atoms with Crippen LogP contribution in [0.15, 0.2) is 18.2 Å². The second-order valence-corrected chi connectivity index (χ2v) is 3.79. The molecule has 0 fully saturated rings. The highest BCUT2D eigenvalue weighted by atomic mass is 32.1. The lowest BCUT2D eigenvalue weighted by molar-refractivity contribution is -0.116. The van der Waals surface area contributed by atoms with E-state index in [1.807, 2.05) is 0 Å². The van der Waals surface area contributed by atoms with E-state index in [1.54, 1.807) is 13.1 Å². The van der Waals surface area contributed by atoms with Crippen LogP contribution in [0.5, 0.6) is 0 Å². The minimum atomic E-state index is -0.513. The number of hydrogen-bond donors (Lipinski definition) is 2. The number of carbonyl (C=O) groups excluding carboxylic acids is 1. The molecule has 0 unspecified atom stereocenters. The molecule has 86 valence electrons. The van der Waals surface area contributed by atoms with Crippen molar-refractivity contribution >= 4 is 28.8 Å². The van der Waals surface area contributed by atoms with Gasteiger partial charge in [-0.3, -0.25) is 4.79 Å². The number of nitrogens with zero attached hydrogens (tertiary/aromatic N) is 1. The first-order valence-electron chi connectivity index (χ1n) is 4.50. The van der Waals surface area contributed by atoms with Gasteiger partial charge in [0.2, 0.25) is 5.91 Å². The van der Waals surface area contributed by atoms with Crippen LogP contribution >= 0.6 is 12.2 Å². The van der Waals surface area contributed by atoms with Gasteiger partial charge in [-0.15, -0.1) is 0 Å². The maximum absolute atomic E-state index is 13.5. The van der Waals surface area contributed by atoms with E-state index in [0.29, 0.717) is 5.69 Å². The summed E-state index contributed by atoms with van der Waals surface area (Å²) in [6.07, 6.45) is 0. The number of likely N-dealkylation sites (N-methyl/N-ethyl adjacent to an activating group) is 1. The molecular formula is C10H12FN3OS. The van der Waals surface area contributed by atoms with Gasteiger partial charge in [-0.1, -0.05) is 12.2 Å². The van der Waals surface area contributed by atoms with E-state index in [-0.39, 0.29) is 17.1 Å². The Morgan fingerprint density at radius 2 is 2.12 bits per heavy atom. The zero-order valence-corrected chi connectivity index (χ0v) is 9.55. The van der Waals surface area contributed by atoms with Crippen LogP contribution in [0.4, 0.5) is 10.1 Å². The number of benzene rings is 1. The van der Waals surface area contributed by atoms with E-state index in [1.165, 1.54) is 17.0 Å². The van der Waals surface area contributed by atoms with Crippen molar-refractivity contribution in [3.8, 4) is 0 Å². The fraction of sp³-hybridized carbons (Fsp3) is 0.200. The van der Waals surface area contributed by atoms with Crippen LogP contribution in [0.2, 0.25) is 0 Å². The first kappa shape index (κ1) is 12.4. The second kappa shape index (κ2) is 4.89. The van der Waals surface area contributed by atoms with Crippen molar-refractivity contribution in [2.24, 2.45) is 11.5 Å². The average Bonchev–Trinajstić information content (AvgIpc) is 2.15. The highest BCUT2D eigenvalue weighted by molar-refractivity contribution is 7.80. The molecule has 0 aliphatic rings. The van der Waals surface area contributed by atoms with Crippen molar-refractivity contribution in [3.05, 3.63) is 29.6 Å². The number of thiocarbonyl (C=S) groups is 1. The lowest BCUT2D eigenvalue weighted by Crippen LogP contribution is -2.30. The fourth-order valence-electron chi connectivity index (χ4n) is 1.27. The van der Waals surface area contributed by atoms with Gasteiger partial charge in [-0.05, 0) is 18.2 Å². The number of primary amides is 1. The van der Waals surface area contributed by atoms with Gasteiger partial charge in [0.1, 0.15) is 10.8 Å². The zero-order valence-electron chi connectivity index (χ0n) is 8.74. The molecule has 1 aromatic carbocycles. The van der Waals surface area contributed by atoms with Crippen molar-refractivity contribution < 1.29 is 9.18 Å². The molecule has 0 saturated carbocycles. The van der Waals surface area contributed by atoms with E-state index < -0.39 is 11.7 Å². The molecule has 0 aromatic heterocycles. The van der Waals surface area contributed by atoms with E-state index >= 15 is 0 Å². The van der Waals surface area contributed by atoms with Crippen LogP contribution in [0, 0.1) is 5.82 Å². The van der Waals surface area contributed by atoms with Crippen LogP contribution in [0.1, 0.15) is 5.56 Å². The summed E-state index contributed by atoms with van der Waals surface area (Å²) in [5, 5.41) is 0. The summed E-state index contributed by atoms with van der Waals surface area (Å²) < 4.78 is 13.5. The topological polar surface area (TPSA) is 72.3 Å². The smallest absolute Gasteiger partial charge is 0.236 e. The number of hydrogen-bond acceptors (Lipinski definition) is 3. The third kappa shape index (κ3) is 2.90. The maximum Gasteiger partial charge on any atom is 0.236 e. The largest absolute Gasteiger partial charge is 0.389 e. The summed E-state index contributed by atoms with van der Waals surface area (Å²) in [5.74, 6) is -0.998. The van der Waals surface area contributed by atoms with Crippen molar-refractivity contribution in [1.29, 1.82) is 0 Å². The molecule has 4 nitrogen and oxygen atoms in total. The Hall–Kier alpha value is -1.69. The average molecular weight is 241 g/mol. The Labute approximate surface area is 98.0 Å². The van der Waals surface area contributed by atoms with Crippen molar-refractivity contribution in [1.82, 2.24) is 0 Å². The SMILES string of the molecule is CN(CC(N)=O)c1ccc(C(N)=S)c(F)c1. The van der Waals surface area contributed by atoms with Crippen LogP contribution in [0.25, 0.3) is 0 Å². The monoisotopic (exact) mass is 241 g/mol. The molecule has 0 saturated heterocycles. The van der Waals surface area contributed by atoms with Gasteiger partial charge in [0.15, 0.2) is 0 Å². The number of carbonyl (C=O) groups is 1. The van der Waals surface area contributed by atoms with Crippen LogP contribution in [-0.4, -0.2) is 24.5 Å². The Morgan fingerprint density at radius 3 is 2.56 bits per heavy atom. The van der Waals surface area contributed by atoms with Gasteiger partial charge in [0.25, 0.3) is 0 Å². The fourth-order valence-corrected chi connectivity index (χ4v) is 1.43. The normalized spacial score (nSPS) is 9.88. The minimum Gasteiger partial charge on any atom is -0.389 e. The molecule has 0 aliphatic carbocycles. The molecule has 0 heterocycles. The lowest BCUT2D eigenvalue weighted by Gasteiger charge is -2.17. The molecule has 1 aromatic rings. The molecule has 6 heteroatoms. The number of anilines is 1. The van der Waals surface area contributed by atoms with Gasteiger partial charge >= 0.3 is 0 Å². The Balaban J connectivity index is 2.96. The van der Waals surface area contributed by atoms with E-state index in [2.05, 4.69) is 12.2 Å². The van der Waals surface area contributed by atoms with Gasteiger partial charge < -0.3 is 16.4 Å². The molecule has 0 bridgehead atoms. The van der Waals surface area contributed by atoms with Crippen LogP contribution < -0.4 is 16.4 Å². The Morgan fingerprint density at radius 1 is 1.50 bits per heavy atom. The number of halogens is 1. The lowest BCUT2D eigenvalue weighted by atomic mass is 10.2. The minimum absolute atomic E-state index is 0.00149. The molecule has 0 spiro atoms.